The van der Waals surface area contributed by atoms with Crippen molar-refractivity contribution in [3.8, 4) is 0 Å². The first kappa shape index (κ1) is 13.7. The predicted octanol–water partition coefficient (Wildman–Crippen LogP) is -1.28. The van der Waals surface area contributed by atoms with Crippen molar-refractivity contribution < 1.29 is 58.2 Å². The number of nitrogens with zero attached hydrogens (tertiary/aromatic N) is 2. The third-order valence-electron chi connectivity index (χ3n) is 2.45. The Morgan fingerprint density at radius 3 is 2.08 bits per heavy atom. The Morgan fingerprint density at radius 1 is 1.33 bits per heavy atom. The van der Waals surface area contributed by atoms with Gasteiger partial charge in [0.05, 0.1) is 0 Å². The summed E-state index contributed by atoms with van der Waals surface area (Å²) in [6.45, 7) is 10.1. The Morgan fingerprint density at radius 2 is 1.83 bits per heavy atom. The fourth-order valence-corrected chi connectivity index (χ4v) is 1.09. The Bertz CT molecular complexity index is 127. The minimum Gasteiger partial charge on any atom is -0.662 e. The van der Waals surface area contributed by atoms with Crippen LogP contribution in [0.2, 0.25) is 0 Å². The van der Waals surface area contributed by atoms with Gasteiger partial charge in [0, 0.05) is 5.54 Å². The molecule has 0 saturated carbocycles. The summed E-state index contributed by atoms with van der Waals surface area (Å²) in [5.41, 5.74) is 0.315. The molecular weight excluding hydrogens is 222 g/mol. The molecule has 66 valence electrons. The zero-order valence-electron chi connectivity index (χ0n) is 9.09. The molecule has 0 bridgehead atoms. The summed E-state index contributed by atoms with van der Waals surface area (Å²) in [7, 11) is 2.19. The van der Waals surface area contributed by atoms with Crippen LogP contribution in [0.4, 0.5) is 0 Å². The molecule has 0 radical (unpaired) electrons. The Kier molecular flexibility index (Phi) is 6.37. The van der Waals surface area contributed by atoms with Gasteiger partial charge < -0.3 is 10.2 Å². The first-order chi connectivity index (χ1) is 5.00. The molecule has 0 N–H and O–H groups in total. The molecule has 1 aliphatic rings. The zero-order valence-corrected chi connectivity index (χ0v) is 14.0. The minimum atomic E-state index is 0. The maximum Gasteiger partial charge on any atom is 1.00 e. The summed E-state index contributed by atoms with van der Waals surface area (Å²) in [5.74, 6) is 0.833. The molecule has 12 heavy (non-hydrogen) atoms. The van der Waals surface area contributed by atoms with Crippen LogP contribution in [0, 0.1) is 5.92 Å². The van der Waals surface area contributed by atoms with Gasteiger partial charge in [-0.2, -0.15) is 0 Å². The molecule has 0 aromatic rings. The average molecular weight is 241 g/mol. The first-order valence-corrected chi connectivity index (χ1v) is 4.34. The molecule has 0 aromatic carbocycles. The second-order valence-electron chi connectivity index (χ2n) is 4.51. The number of rotatable bonds is 2. The second-order valence-corrected chi connectivity index (χ2v) is 4.51. The van der Waals surface area contributed by atoms with Gasteiger partial charge in [0.1, 0.15) is 0 Å². The van der Waals surface area contributed by atoms with Gasteiger partial charge in [0.15, 0.2) is 0 Å². The van der Waals surface area contributed by atoms with Gasteiger partial charge in [-0.25, -0.2) is 0 Å². The third kappa shape index (κ3) is 4.29. The van der Waals surface area contributed by atoms with Gasteiger partial charge in [-0.3, -0.25) is 0 Å². The molecule has 2 nitrogen and oxygen atoms in total. The summed E-state index contributed by atoms with van der Waals surface area (Å²) < 4.78 is 0. The maximum absolute atomic E-state index is 4.21. The second kappa shape index (κ2) is 5.57. The number of hydrogen-bond donors (Lipinski definition) is 0. The molecule has 1 fully saturated rings. The van der Waals surface area contributed by atoms with Crippen molar-refractivity contribution in [2.24, 2.45) is 5.92 Å². The molecule has 1 aliphatic heterocycles. The van der Waals surface area contributed by atoms with Crippen LogP contribution in [-0.2, 0) is 0 Å². The maximum atomic E-state index is 4.21. The van der Waals surface area contributed by atoms with Crippen molar-refractivity contribution in [1.29, 1.82) is 0 Å². The Hall–Kier alpha value is 1.73. The standard InChI is InChI=1S/C9H19N2.Rb/c1-9(2,3)11(4)7-8-5-10-6-8;/h8H,5-7H2,1-4H3;/q-1;+1. The fourth-order valence-electron chi connectivity index (χ4n) is 1.09. The van der Waals surface area contributed by atoms with Gasteiger partial charge in [-0.1, -0.05) is 5.92 Å². The first-order valence-electron chi connectivity index (χ1n) is 4.34. The van der Waals surface area contributed by atoms with Crippen LogP contribution in [0.1, 0.15) is 20.8 Å². The van der Waals surface area contributed by atoms with Crippen molar-refractivity contribution in [3.05, 3.63) is 5.32 Å². The van der Waals surface area contributed by atoms with Crippen molar-refractivity contribution in [2.45, 2.75) is 26.3 Å². The SMILES string of the molecule is CN(CC1C[N-]C1)C(C)(C)C.[Rb+]. The Labute approximate surface area is 125 Å². The van der Waals surface area contributed by atoms with Crippen LogP contribution in [0.3, 0.4) is 0 Å². The molecule has 1 rings (SSSR count). The summed E-state index contributed by atoms with van der Waals surface area (Å²) in [6.07, 6.45) is 0. The summed E-state index contributed by atoms with van der Waals surface area (Å²) in [6, 6.07) is 0. The molecule has 0 amide bonds. The summed E-state index contributed by atoms with van der Waals surface area (Å²) in [4.78, 5) is 2.41. The monoisotopic (exact) mass is 240 g/mol. The molecule has 3 heteroatoms. The molecular formula is C9H19N2Rb. The molecule has 1 heterocycles. The zero-order chi connectivity index (χ0) is 8.48. The van der Waals surface area contributed by atoms with E-state index >= 15 is 0 Å². The molecule has 1 saturated heterocycles. The number of hydrogen-bond acceptors (Lipinski definition) is 1. The van der Waals surface area contributed by atoms with E-state index in [0.29, 0.717) is 5.54 Å². The molecule has 0 atom stereocenters. The van der Waals surface area contributed by atoms with Crippen LogP contribution in [0.5, 0.6) is 0 Å². The minimum absolute atomic E-state index is 0. The smallest absolute Gasteiger partial charge is 0.662 e. The fraction of sp³-hybridized carbons (Fsp3) is 1.00. The van der Waals surface area contributed by atoms with E-state index in [1.807, 2.05) is 0 Å². The van der Waals surface area contributed by atoms with Crippen LogP contribution >= 0.6 is 0 Å². The van der Waals surface area contributed by atoms with Crippen molar-refractivity contribution in [3.63, 3.8) is 0 Å². The van der Waals surface area contributed by atoms with Crippen LogP contribution < -0.4 is 58.2 Å². The van der Waals surface area contributed by atoms with E-state index in [2.05, 4.69) is 38.0 Å². The van der Waals surface area contributed by atoms with E-state index in [4.69, 9.17) is 0 Å². The van der Waals surface area contributed by atoms with E-state index in [1.54, 1.807) is 0 Å². The van der Waals surface area contributed by atoms with Gasteiger partial charge in [0.2, 0.25) is 0 Å². The molecule has 0 aromatic heterocycles. The van der Waals surface area contributed by atoms with Crippen molar-refractivity contribution >= 4 is 0 Å². The van der Waals surface area contributed by atoms with E-state index in [9.17, 15) is 0 Å². The van der Waals surface area contributed by atoms with Crippen LogP contribution in [0.15, 0.2) is 0 Å². The normalized spacial score (nSPS) is 18.8. The van der Waals surface area contributed by atoms with Gasteiger partial charge in [-0.05, 0) is 34.4 Å². The van der Waals surface area contributed by atoms with Gasteiger partial charge in [-0.15, -0.1) is 13.1 Å². The third-order valence-corrected chi connectivity index (χ3v) is 2.45. The summed E-state index contributed by atoms with van der Waals surface area (Å²) in [5, 5.41) is 4.21. The average Bonchev–Trinajstić information content (AvgIpc) is 1.75. The van der Waals surface area contributed by atoms with Crippen LogP contribution in [0.25, 0.3) is 5.32 Å². The van der Waals surface area contributed by atoms with Crippen LogP contribution in [-0.4, -0.2) is 37.1 Å². The topological polar surface area (TPSA) is 17.3 Å². The quantitative estimate of drug-likeness (QED) is 0.588. The van der Waals surface area contributed by atoms with Crippen molar-refractivity contribution in [2.75, 3.05) is 26.7 Å². The van der Waals surface area contributed by atoms with Gasteiger partial charge in [0.25, 0.3) is 0 Å². The molecule has 0 unspecified atom stereocenters. The molecule has 0 aliphatic carbocycles. The predicted molar refractivity (Wildman–Crippen MR) is 49.0 cm³/mol. The van der Waals surface area contributed by atoms with E-state index in [1.165, 1.54) is 6.54 Å². The summed E-state index contributed by atoms with van der Waals surface area (Å²) >= 11 is 0. The van der Waals surface area contributed by atoms with Gasteiger partial charge >= 0.3 is 58.2 Å². The van der Waals surface area contributed by atoms with Crippen molar-refractivity contribution in [1.82, 2.24) is 4.90 Å². The molecule has 0 spiro atoms. The largest absolute Gasteiger partial charge is 1.00 e. The Balaban J connectivity index is 0.00000121. The van der Waals surface area contributed by atoms with E-state index in [0.717, 1.165) is 19.0 Å². The van der Waals surface area contributed by atoms with E-state index < -0.39 is 0 Å². The van der Waals surface area contributed by atoms with E-state index in [-0.39, 0.29) is 58.2 Å².